The monoisotopic (exact) mass is 287 g/mol. The first-order chi connectivity index (χ1) is 9.72. The average molecular weight is 287 g/mol. The van der Waals surface area contributed by atoms with Crippen molar-refractivity contribution in [1.82, 2.24) is 4.98 Å². The molecule has 0 saturated carbocycles. The standard InChI is InChI=1S/C16H17NO2S/c18-13(9-14-4-2-6-19-14)8-11-7-12-3-1-5-15(20)16(12)17-10-11/h1,3,5,7,10,14,20H,2,4,6,8-9H2. The molecule has 1 saturated heterocycles. The highest BCUT2D eigenvalue weighted by Crippen LogP contribution is 2.21. The van der Waals surface area contributed by atoms with E-state index in [2.05, 4.69) is 17.6 Å². The fourth-order valence-electron chi connectivity index (χ4n) is 2.65. The highest BCUT2D eigenvalue weighted by molar-refractivity contribution is 7.80. The van der Waals surface area contributed by atoms with E-state index in [0.29, 0.717) is 12.8 Å². The molecule has 2 aromatic rings. The minimum Gasteiger partial charge on any atom is -0.378 e. The van der Waals surface area contributed by atoms with Crippen LogP contribution in [0.4, 0.5) is 0 Å². The molecule has 0 amide bonds. The molecule has 104 valence electrons. The fourth-order valence-corrected chi connectivity index (χ4v) is 2.92. The van der Waals surface area contributed by atoms with Crippen molar-refractivity contribution in [3.63, 3.8) is 0 Å². The molecule has 0 aliphatic carbocycles. The largest absolute Gasteiger partial charge is 0.378 e. The number of hydrogen-bond donors (Lipinski definition) is 1. The minimum atomic E-state index is 0.125. The molecule has 1 aliphatic heterocycles. The van der Waals surface area contributed by atoms with Gasteiger partial charge in [-0.25, -0.2) is 0 Å². The van der Waals surface area contributed by atoms with Crippen LogP contribution in [0.5, 0.6) is 0 Å². The number of hydrogen-bond acceptors (Lipinski definition) is 4. The van der Waals surface area contributed by atoms with Crippen molar-refractivity contribution in [3.8, 4) is 0 Å². The number of nitrogens with zero attached hydrogens (tertiary/aromatic N) is 1. The Hall–Kier alpha value is -1.39. The van der Waals surface area contributed by atoms with E-state index >= 15 is 0 Å². The molecule has 1 aliphatic rings. The van der Waals surface area contributed by atoms with Crippen LogP contribution in [0, 0.1) is 0 Å². The first-order valence-electron chi connectivity index (χ1n) is 6.92. The van der Waals surface area contributed by atoms with E-state index in [-0.39, 0.29) is 11.9 Å². The summed E-state index contributed by atoms with van der Waals surface area (Å²) in [4.78, 5) is 17.3. The first-order valence-corrected chi connectivity index (χ1v) is 7.37. The number of benzene rings is 1. The zero-order valence-electron chi connectivity index (χ0n) is 11.2. The summed E-state index contributed by atoms with van der Waals surface area (Å²) in [6.45, 7) is 0.792. The summed E-state index contributed by atoms with van der Waals surface area (Å²) in [6, 6.07) is 7.89. The quantitative estimate of drug-likeness (QED) is 0.878. The number of pyridine rings is 1. The van der Waals surface area contributed by atoms with Gasteiger partial charge in [0.05, 0.1) is 11.6 Å². The van der Waals surface area contributed by atoms with Gasteiger partial charge < -0.3 is 4.74 Å². The van der Waals surface area contributed by atoms with Crippen LogP contribution in [0.2, 0.25) is 0 Å². The summed E-state index contributed by atoms with van der Waals surface area (Å²) >= 11 is 4.39. The summed E-state index contributed by atoms with van der Waals surface area (Å²) in [6.07, 6.45) is 4.92. The molecular weight excluding hydrogens is 270 g/mol. The molecule has 1 atom stereocenters. The van der Waals surface area contributed by atoms with Crippen molar-refractivity contribution < 1.29 is 9.53 Å². The van der Waals surface area contributed by atoms with E-state index in [1.165, 1.54) is 0 Å². The molecule has 20 heavy (non-hydrogen) atoms. The van der Waals surface area contributed by atoms with Crippen molar-refractivity contribution in [1.29, 1.82) is 0 Å². The molecule has 3 rings (SSSR count). The molecule has 3 nitrogen and oxygen atoms in total. The third-order valence-electron chi connectivity index (χ3n) is 3.63. The van der Waals surface area contributed by atoms with Gasteiger partial charge in [-0.3, -0.25) is 9.78 Å². The highest BCUT2D eigenvalue weighted by atomic mass is 32.1. The summed E-state index contributed by atoms with van der Waals surface area (Å²) in [5.41, 5.74) is 1.84. The lowest BCUT2D eigenvalue weighted by Gasteiger charge is -2.08. The number of ether oxygens (including phenoxy) is 1. The molecule has 0 spiro atoms. The lowest BCUT2D eigenvalue weighted by molar-refractivity contribution is -0.120. The van der Waals surface area contributed by atoms with Gasteiger partial charge in [-0.1, -0.05) is 12.1 Å². The first kappa shape index (κ1) is 13.6. The highest BCUT2D eigenvalue weighted by Gasteiger charge is 2.19. The van der Waals surface area contributed by atoms with E-state index in [0.717, 1.165) is 40.8 Å². The zero-order valence-corrected chi connectivity index (χ0v) is 12.1. The summed E-state index contributed by atoms with van der Waals surface area (Å²) < 4.78 is 5.50. The summed E-state index contributed by atoms with van der Waals surface area (Å²) in [5, 5.41) is 1.03. The molecule has 0 N–H and O–H groups in total. The van der Waals surface area contributed by atoms with Gasteiger partial charge in [-0.2, -0.15) is 0 Å². The maximum Gasteiger partial charge on any atom is 0.139 e. The predicted molar refractivity (Wildman–Crippen MR) is 81.3 cm³/mol. The third-order valence-corrected chi connectivity index (χ3v) is 3.99. The van der Waals surface area contributed by atoms with Crippen LogP contribution in [-0.4, -0.2) is 23.5 Å². The van der Waals surface area contributed by atoms with Crippen LogP contribution in [0.3, 0.4) is 0 Å². The minimum absolute atomic E-state index is 0.125. The Morgan fingerprint density at radius 3 is 3.15 bits per heavy atom. The number of thiol groups is 1. The average Bonchev–Trinajstić information content (AvgIpc) is 2.91. The second kappa shape index (κ2) is 5.94. The second-order valence-electron chi connectivity index (χ2n) is 5.25. The van der Waals surface area contributed by atoms with Gasteiger partial charge in [-0.05, 0) is 30.5 Å². The number of rotatable bonds is 4. The number of fused-ring (bicyclic) bond motifs is 1. The Kier molecular flexibility index (Phi) is 4.03. The molecule has 1 fully saturated rings. The zero-order chi connectivity index (χ0) is 13.9. The predicted octanol–water partition coefficient (Wildman–Crippen LogP) is 3.20. The van der Waals surface area contributed by atoms with Crippen LogP contribution in [0.15, 0.2) is 35.4 Å². The summed E-state index contributed by atoms with van der Waals surface area (Å²) in [7, 11) is 0. The van der Waals surface area contributed by atoms with Gasteiger partial charge in [0.15, 0.2) is 0 Å². The molecule has 1 aromatic heterocycles. The van der Waals surface area contributed by atoms with E-state index < -0.39 is 0 Å². The van der Waals surface area contributed by atoms with Gasteiger partial charge in [0.25, 0.3) is 0 Å². The Balaban J connectivity index is 1.72. The number of Topliss-reactive ketones (excluding diaryl/α,β-unsaturated/α-hetero) is 1. The van der Waals surface area contributed by atoms with Crippen LogP contribution in [-0.2, 0) is 16.0 Å². The molecular formula is C16H17NO2S. The van der Waals surface area contributed by atoms with E-state index in [1.54, 1.807) is 6.20 Å². The molecule has 0 radical (unpaired) electrons. The molecule has 4 heteroatoms. The molecule has 2 heterocycles. The van der Waals surface area contributed by atoms with E-state index in [9.17, 15) is 4.79 Å². The van der Waals surface area contributed by atoms with Crippen LogP contribution in [0.25, 0.3) is 10.9 Å². The van der Waals surface area contributed by atoms with Gasteiger partial charge in [0, 0.05) is 35.9 Å². The van der Waals surface area contributed by atoms with E-state index in [1.807, 2.05) is 24.3 Å². The van der Waals surface area contributed by atoms with Crippen molar-refractivity contribution >= 4 is 29.3 Å². The SMILES string of the molecule is O=C(Cc1cnc2c(S)cccc2c1)CC1CCCO1. The maximum absolute atomic E-state index is 12.0. The van der Waals surface area contributed by atoms with Gasteiger partial charge in [-0.15, -0.1) is 12.6 Å². The van der Waals surface area contributed by atoms with E-state index in [4.69, 9.17) is 4.74 Å². The number of carbonyl (C=O) groups is 1. The number of aromatic nitrogens is 1. The molecule has 1 aromatic carbocycles. The smallest absolute Gasteiger partial charge is 0.139 e. The Morgan fingerprint density at radius 1 is 1.45 bits per heavy atom. The fraction of sp³-hybridized carbons (Fsp3) is 0.375. The Morgan fingerprint density at radius 2 is 2.35 bits per heavy atom. The lowest BCUT2D eigenvalue weighted by Crippen LogP contribution is -2.14. The van der Waals surface area contributed by atoms with Gasteiger partial charge in [0.2, 0.25) is 0 Å². The number of ketones is 1. The number of carbonyl (C=O) groups excluding carboxylic acids is 1. The topological polar surface area (TPSA) is 39.2 Å². The van der Waals surface area contributed by atoms with Gasteiger partial charge in [0.1, 0.15) is 5.78 Å². The molecule has 0 bridgehead atoms. The van der Waals surface area contributed by atoms with Crippen molar-refractivity contribution in [2.24, 2.45) is 0 Å². The normalized spacial score (nSPS) is 18.6. The van der Waals surface area contributed by atoms with Crippen molar-refractivity contribution in [2.45, 2.75) is 36.7 Å². The third kappa shape index (κ3) is 3.02. The second-order valence-corrected chi connectivity index (χ2v) is 5.73. The Labute approximate surface area is 123 Å². The van der Waals surface area contributed by atoms with Crippen LogP contribution in [0.1, 0.15) is 24.8 Å². The van der Waals surface area contributed by atoms with Crippen LogP contribution >= 0.6 is 12.6 Å². The van der Waals surface area contributed by atoms with Crippen molar-refractivity contribution in [3.05, 3.63) is 36.0 Å². The number of para-hydroxylation sites is 1. The van der Waals surface area contributed by atoms with Crippen LogP contribution < -0.4 is 0 Å². The maximum atomic E-state index is 12.0. The molecule has 1 unspecified atom stereocenters. The Bertz CT molecular complexity index is 635. The lowest BCUT2D eigenvalue weighted by atomic mass is 10.0. The van der Waals surface area contributed by atoms with Crippen molar-refractivity contribution in [2.75, 3.05) is 6.61 Å². The van der Waals surface area contributed by atoms with Gasteiger partial charge >= 0.3 is 0 Å². The summed E-state index contributed by atoms with van der Waals surface area (Å²) in [5.74, 6) is 0.222.